The number of nitrogens with zero attached hydrogens (tertiary/aromatic N) is 3. The van der Waals surface area contributed by atoms with Gasteiger partial charge >= 0.3 is 0 Å². The lowest BCUT2D eigenvalue weighted by atomic mass is 10.0. The van der Waals surface area contributed by atoms with E-state index < -0.39 is 0 Å². The van der Waals surface area contributed by atoms with Gasteiger partial charge in [-0.05, 0) is 44.4 Å². The van der Waals surface area contributed by atoms with Crippen LogP contribution in [0.3, 0.4) is 0 Å². The summed E-state index contributed by atoms with van der Waals surface area (Å²) in [7, 11) is 0. The molecule has 0 saturated carbocycles. The zero-order valence-electron chi connectivity index (χ0n) is 14.0. The number of rotatable bonds is 3. The van der Waals surface area contributed by atoms with Crippen molar-refractivity contribution in [2.24, 2.45) is 0 Å². The van der Waals surface area contributed by atoms with Crippen LogP contribution in [0.15, 0.2) is 28.8 Å². The standard InChI is InChI=1S/C18H19FN4O2/c1-11-8-13(25-22-11)10-17(24)23-7-3-2-4-16(23)18-20-14-6-5-12(19)9-15(14)21-18/h5-6,8-9,16H,2-4,7,10H2,1H3,(H,20,21). The smallest absolute Gasteiger partial charge is 0.230 e. The highest BCUT2D eigenvalue weighted by atomic mass is 19.1. The molecule has 0 bridgehead atoms. The number of amides is 1. The number of benzene rings is 1. The first-order valence-electron chi connectivity index (χ1n) is 8.47. The highest BCUT2D eigenvalue weighted by Gasteiger charge is 2.30. The lowest BCUT2D eigenvalue weighted by Gasteiger charge is -2.34. The molecule has 0 spiro atoms. The predicted molar refractivity (Wildman–Crippen MR) is 89.3 cm³/mol. The number of imidazole rings is 1. The number of carbonyl (C=O) groups is 1. The molecule has 1 fully saturated rings. The van der Waals surface area contributed by atoms with Gasteiger partial charge in [0.2, 0.25) is 5.91 Å². The molecular weight excluding hydrogens is 323 g/mol. The second-order valence-electron chi connectivity index (χ2n) is 6.49. The largest absolute Gasteiger partial charge is 0.361 e. The Labute approximate surface area is 144 Å². The van der Waals surface area contributed by atoms with Gasteiger partial charge < -0.3 is 14.4 Å². The summed E-state index contributed by atoms with van der Waals surface area (Å²) in [6.45, 7) is 2.51. The van der Waals surface area contributed by atoms with Crippen LogP contribution in [0, 0.1) is 12.7 Å². The van der Waals surface area contributed by atoms with E-state index in [1.54, 1.807) is 12.1 Å². The first-order valence-corrected chi connectivity index (χ1v) is 8.47. The Morgan fingerprint density at radius 1 is 1.40 bits per heavy atom. The summed E-state index contributed by atoms with van der Waals surface area (Å²) >= 11 is 0. The summed E-state index contributed by atoms with van der Waals surface area (Å²) in [4.78, 5) is 22.4. The fraction of sp³-hybridized carbons (Fsp3) is 0.389. The molecule has 2 aromatic heterocycles. The number of piperidine rings is 1. The molecular formula is C18H19FN4O2. The molecule has 6 nitrogen and oxygen atoms in total. The molecule has 1 aliphatic rings. The van der Waals surface area contributed by atoms with Gasteiger partial charge in [0, 0.05) is 12.6 Å². The summed E-state index contributed by atoms with van der Waals surface area (Å²) in [6.07, 6.45) is 3.02. The molecule has 1 amide bonds. The molecule has 130 valence electrons. The number of likely N-dealkylation sites (tertiary alicyclic amines) is 1. The third-order valence-electron chi connectivity index (χ3n) is 4.60. The number of aryl methyl sites for hydroxylation is 1. The van der Waals surface area contributed by atoms with Crippen LogP contribution in [0.1, 0.15) is 42.6 Å². The van der Waals surface area contributed by atoms with Crippen molar-refractivity contribution in [3.05, 3.63) is 47.4 Å². The van der Waals surface area contributed by atoms with Crippen LogP contribution in [0.2, 0.25) is 0 Å². The van der Waals surface area contributed by atoms with Gasteiger partial charge in [-0.1, -0.05) is 5.16 Å². The zero-order valence-corrected chi connectivity index (χ0v) is 14.0. The van der Waals surface area contributed by atoms with E-state index in [0.717, 1.165) is 25.0 Å². The minimum Gasteiger partial charge on any atom is -0.361 e. The van der Waals surface area contributed by atoms with E-state index in [0.29, 0.717) is 29.2 Å². The maximum absolute atomic E-state index is 13.4. The molecule has 1 saturated heterocycles. The van der Waals surface area contributed by atoms with Crippen molar-refractivity contribution in [2.75, 3.05) is 6.54 Å². The summed E-state index contributed by atoms with van der Waals surface area (Å²) in [5, 5.41) is 3.83. The van der Waals surface area contributed by atoms with Crippen LogP contribution in [0.25, 0.3) is 11.0 Å². The van der Waals surface area contributed by atoms with Gasteiger partial charge in [-0.3, -0.25) is 4.79 Å². The Morgan fingerprint density at radius 3 is 3.08 bits per heavy atom. The normalized spacial score (nSPS) is 18.0. The maximum Gasteiger partial charge on any atom is 0.230 e. The second-order valence-corrected chi connectivity index (χ2v) is 6.49. The summed E-state index contributed by atoms with van der Waals surface area (Å²) < 4.78 is 18.6. The third kappa shape index (κ3) is 3.14. The zero-order chi connectivity index (χ0) is 17.4. The third-order valence-corrected chi connectivity index (χ3v) is 4.60. The number of aromatic nitrogens is 3. The lowest BCUT2D eigenvalue weighted by molar-refractivity contribution is -0.134. The Balaban J connectivity index is 1.60. The Kier molecular flexibility index (Phi) is 3.99. The van der Waals surface area contributed by atoms with E-state index in [-0.39, 0.29) is 24.2 Å². The van der Waals surface area contributed by atoms with Crippen LogP contribution in [0.4, 0.5) is 4.39 Å². The molecule has 3 heterocycles. The molecule has 1 unspecified atom stereocenters. The number of carbonyl (C=O) groups excluding carboxylic acids is 1. The van der Waals surface area contributed by atoms with Gasteiger partial charge in [0.25, 0.3) is 0 Å². The molecule has 25 heavy (non-hydrogen) atoms. The van der Waals surface area contributed by atoms with E-state index in [1.807, 2.05) is 11.8 Å². The molecule has 4 rings (SSSR count). The second kappa shape index (κ2) is 6.31. The summed E-state index contributed by atoms with van der Waals surface area (Å²) in [5.41, 5.74) is 2.12. The van der Waals surface area contributed by atoms with Crippen LogP contribution in [0.5, 0.6) is 0 Å². The van der Waals surface area contributed by atoms with E-state index in [2.05, 4.69) is 15.1 Å². The number of nitrogens with one attached hydrogen (secondary N) is 1. The molecule has 7 heteroatoms. The minimum absolute atomic E-state index is 0.00696. The Hall–Kier alpha value is -2.70. The number of hydrogen-bond donors (Lipinski definition) is 1. The predicted octanol–water partition coefficient (Wildman–Crippen LogP) is 3.29. The molecule has 0 aliphatic carbocycles. The minimum atomic E-state index is -0.306. The van der Waals surface area contributed by atoms with Gasteiger partial charge in [0.1, 0.15) is 17.4 Å². The summed E-state index contributed by atoms with van der Waals surface area (Å²) in [6, 6.07) is 6.12. The van der Waals surface area contributed by atoms with Gasteiger partial charge in [-0.15, -0.1) is 0 Å². The number of halogens is 1. The highest BCUT2D eigenvalue weighted by molar-refractivity contribution is 5.79. The van der Waals surface area contributed by atoms with Gasteiger partial charge in [-0.2, -0.15) is 0 Å². The molecule has 1 N–H and O–H groups in total. The van der Waals surface area contributed by atoms with E-state index in [9.17, 15) is 9.18 Å². The topological polar surface area (TPSA) is 75.0 Å². The SMILES string of the molecule is Cc1cc(CC(=O)N2CCCCC2c2nc3ccc(F)cc3[nH]2)on1. The fourth-order valence-corrected chi connectivity index (χ4v) is 3.42. The number of fused-ring (bicyclic) bond motifs is 1. The number of hydrogen-bond acceptors (Lipinski definition) is 4. The first-order chi connectivity index (χ1) is 12.1. The quantitative estimate of drug-likeness (QED) is 0.792. The van der Waals surface area contributed by atoms with Crippen molar-refractivity contribution < 1.29 is 13.7 Å². The fourth-order valence-electron chi connectivity index (χ4n) is 3.42. The molecule has 1 atom stereocenters. The average molecular weight is 342 g/mol. The van der Waals surface area contributed by atoms with E-state index in [1.165, 1.54) is 12.1 Å². The number of H-pyrrole nitrogens is 1. The van der Waals surface area contributed by atoms with Crippen molar-refractivity contribution in [1.82, 2.24) is 20.0 Å². The lowest BCUT2D eigenvalue weighted by Crippen LogP contribution is -2.39. The average Bonchev–Trinajstić information content (AvgIpc) is 3.20. The van der Waals surface area contributed by atoms with Crippen LogP contribution in [-0.2, 0) is 11.2 Å². The van der Waals surface area contributed by atoms with E-state index in [4.69, 9.17) is 4.52 Å². The molecule has 1 aliphatic heterocycles. The monoisotopic (exact) mass is 342 g/mol. The van der Waals surface area contributed by atoms with Crippen LogP contribution >= 0.6 is 0 Å². The Morgan fingerprint density at radius 2 is 2.28 bits per heavy atom. The highest BCUT2D eigenvalue weighted by Crippen LogP contribution is 2.31. The van der Waals surface area contributed by atoms with Crippen LogP contribution in [-0.4, -0.2) is 32.5 Å². The maximum atomic E-state index is 13.4. The Bertz CT molecular complexity index is 917. The van der Waals surface area contributed by atoms with Crippen molar-refractivity contribution in [1.29, 1.82) is 0 Å². The van der Waals surface area contributed by atoms with Gasteiger partial charge in [0.05, 0.1) is 29.2 Å². The molecule has 0 radical (unpaired) electrons. The first kappa shape index (κ1) is 15.8. The van der Waals surface area contributed by atoms with Crippen molar-refractivity contribution in [3.63, 3.8) is 0 Å². The van der Waals surface area contributed by atoms with Gasteiger partial charge in [-0.25, -0.2) is 9.37 Å². The van der Waals surface area contributed by atoms with E-state index >= 15 is 0 Å². The molecule has 1 aromatic carbocycles. The van der Waals surface area contributed by atoms with Crippen LogP contribution < -0.4 is 0 Å². The van der Waals surface area contributed by atoms with Crippen molar-refractivity contribution in [2.45, 2.75) is 38.6 Å². The number of aromatic amines is 1. The summed E-state index contributed by atoms with van der Waals surface area (Å²) in [5.74, 6) is 0.966. The van der Waals surface area contributed by atoms with Gasteiger partial charge in [0.15, 0.2) is 0 Å². The van der Waals surface area contributed by atoms with Crippen molar-refractivity contribution >= 4 is 16.9 Å². The molecule has 3 aromatic rings. The van der Waals surface area contributed by atoms with Crippen molar-refractivity contribution in [3.8, 4) is 0 Å².